The quantitative estimate of drug-likeness (QED) is 0.564. The molecule has 0 unspecified atom stereocenters. The Hall–Kier alpha value is -3.24. The van der Waals surface area contributed by atoms with Crippen molar-refractivity contribution >= 4 is 16.7 Å². The van der Waals surface area contributed by atoms with Gasteiger partial charge in [-0.1, -0.05) is 54.6 Å². The van der Waals surface area contributed by atoms with E-state index in [9.17, 15) is 0 Å². The van der Waals surface area contributed by atoms with Gasteiger partial charge in [-0.3, -0.25) is 4.90 Å². The lowest BCUT2D eigenvalue weighted by molar-refractivity contribution is -0.386. The Labute approximate surface area is 177 Å². The van der Waals surface area contributed by atoms with E-state index in [1.165, 1.54) is 47.2 Å². The average molecular weight is 397 g/mol. The number of rotatable bonds is 4. The van der Waals surface area contributed by atoms with Crippen LogP contribution in [0.25, 0.3) is 33.3 Å². The molecule has 0 atom stereocenters. The highest BCUT2D eigenvalue weighted by molar-refractivity contribution is 5.96. The van der Waals surface area contributed by atoms with Crippen LogP contribution in [0.5, 0.6) is 0 Å². The molecule has 0 spiro atoms. The molecule has 1 fully saturated rings. The molecule has 4 aromatic rings. The fourth-order valence-corrected chi connectivity index (χ4v) is 4.39. The first-order valence-electron chi connectivity index (χ1n) is 10.9. The van der Waals surface area contributed by atoms with E-state index in [0.29, 0.717) is 0 Å². The zero-order valence-corrected chi connectivity index (χ0v) is 17.3. The van der Waals surface area contributed by atoms with Gasteiger partial charge in [-0.05, 0) is 30.9 Å². The molecule has 0 bridgehead atoms. The molecule has 0 saturated carbocycles. The van der Waals surface area contributed by atoms with E-state index in [2.05, 4.69) is 82.3 Å². The molecule has 0 radical (unpaired) electrons. The van der Waals surface area contributed by atoms with Gasteiger partial charge in [0.15, 0.2) is 0 Å². The minimum atomic E-state index is 0.798. The summed E-state index contributed by atoms with van der Waals surface area (Å²) in [6.45, 7) is 3.00. The average Bonchev–Trinajstić information content (AvgIpc) is 2.84. The number of aromatic nitrogens is 2. The van der Waals surface area contributed by atoms with Gasteiger partial charge in [0.1, 0.15) is 0 Å². The highest BCUT2D eigenvalue weighted by Gasteiger charge is 2.23. The second kappa shape index (κ2) is 8.25. The number of anilines is 1. The number of piperidine rings is 1. The van der Waals surface area contributed by atoms with Gasteiger partial charge in [0.2, 0.25) is 0 Å². The Bertz CT molecular complexity index is 1150. The van der Waals surface area contributed by atoms with Crippen molar-refractivity contribution < 1.29 is 10.7 Å². The molecule has 1 saturated heterocycles. The number of hydrogen-bond acceptors (Lipinski definition) is 2. The van der Waals surface area contributed by atoms with Crippen molar-refractivity contribution in [3.63, 3.8) is 0 Å². The minimum absolute atomic E-state index is 0.798. The van der Waals surface area contributed by atoms with Crippen LogP contribution < -0.4 is 15.6 Å². The summed E-state index contributed by atoms with van der Waals surface area (Å²) < 4.78 is 0. The third-order valence-electron chi connectivity index (χ3n) is 6.04. The van der Waals surface area contributed by atoms with Crippen molar-refractivity contribution in [3.05, 3.63) is 78.5 Å². The molecule has 2 aromatic heterocycles. The van der Waals surface area contributed by atoms with Gasteiger partial charge >= 0.3 is 0 Å². The Morgan fingerprint density at radius 2 is 1.63 bits per heavy atom. The van der Waals surface area contributed by atoms with E-state index in [1.54, 1.807) is 0 Å². The summed E-state index contributed by atoms with van der Waals surface area (Å²) in [6, 6.07) is 23.6. The summed E-state index contributed by atoms with van der Waals surface area (Å²) in [5.41, 5.74) is 10.8. The Balaban J connectivity index is 1.72. The van der Waals surface area contributed by atoms with Crippen molar-refractivity contribution in [2.45, 2.75) is 25.8 Å². The number of fused-ring (bicyclic) bond motifs is 1. The van der Waals surface area contributed by atoms with Crippen molar-refractivity contribution in [2.75, 3.05) is 18.0 Å². The Kier molecular flexibility index (Phi) is 5.16. The number of hydrogen-bond donors (Lipinski definition) is 1. The lowest BCUT2D eigenvalue weighted by Gasteiger charge is -2.22. The van der Waals surface area contributed by atoms with Crippen LogP contribution in [0.4, 0.5) is 5.82 Å². The summed E-state index contributed by atoms with van der Waals surface area (Å²) >= 11 is 0. The predicted molar refractivity (Wildman–Crippen MR) is 122 cm³/mol. The minimum Gasteiger partial charge on any atom is -0.354 e. The van der Waals surface area contributed by atoms with Crippen LogP contribution in [0.15, 0.2) is 72.9 Å². The molecule has 3 heterocycles. The standard InChI is InChI=1S/C26H26N4/c27-18-19-9-11-21(12-10-19)25-22(20-7-3-1-4-8-20)17-23-24(29-25)13-14-28-26(23)30-15-5-2-6-16-30/h1,3-4,7-14,17H,2,5-6,15-16,18,27H2/p+2. The third kappa shape index (κ3) is 3.55. The molecule has 2 aromatic carbocycles. The molecule has 30 heavy (non-hydrogen) atoms. The van der Waals surface area contributed by atoms with Gasteiger partial charge < -0.3 is 5.73 Å². The SMILES string of the molecule is [NH3+]Cc1ccc(-c2nc3cc[nH+]c(N4CCCCC4)c3cc2-c2ccccc2)cc1. The maximum atomic E-state index is 5.17. The van der Waals surface area contributed by atoms with Crippen LogP contribution in [-0.4, -0.2) is 18.1 Å². The zero-order valence-electron chi connectivity index (χ0n) is 17.3. The maximum Gasteiger partial charge on any atom is 0.283 e. The second-order valence-corrected chi connectivity index (χ2v) is 8.00. The van der Waals surface area contributed by atoms with E-state index >= 15 is 0 Å². The Morgan fingerprint density at radius 1 is 0.867 bits per heavy atom. The van der Waals surface area contributed by atoms with Crippen molar-refractivity contribution in [2.24, 2.45) is 0 Å². The van der Waals surface area contributed by atoms with Crippen LogP contribution in [-0.2, 0) is 6.54 Å². The first-order valence-corrected chi connectivity index (χ1v) is 10.9. The predicted octanol–water partition coefficient (Wildman–Crippen LogP) is 4.12. The molecular formula is C26H28N4+2. The van der Waals surface area contributed by atoms with E-state index in [0.717, 1.165) is 36.4 Å². The van der Waals surface area contributed by atoms with E-state index in [4.69, 9.17) is 4.98 Å². The van der Waals surface area contributed by atoms with Gasteiger partial charge in [-0.2, -0.15) is 0 Å². The number of nitrogens with zero attached hydrogens (tertiary/aromatic N) is 2. The molecule has 0 amide bonds. The molecule has 4 N–H and O–H groups in total. The third-order valence-corrected chi connectivity index (χ3v) is 6.04. The molecule has 0 aliphatic carbocycles. The number of quaternary nitrogens is 1. The van der Waals surface area contributed by atoms with E-state index in [1.807, 2.05) is 6.20 Å². The lowest BCUT2D eigenvalue weighted by atomic mass is 9.97. The highest BCUT2D eigenvalue weighted by atomic mass is 15.2. The van der Waals surface area contributed by atoms with Gasteiger partial charge in [-0.15, -0.1) is 0 Å². The van der Waals surface area contributed by atoms with Crippen molar-refractivity contribution in [3.8, 4) is 22.4 Å². The maximum absolute atomic E-state index is 5.17. The fraction of sp³-hybridized carbons (Fsp3) is 0.231. The van der Waals surface area contributed by atoms with Gasteiger partial charge in [0.05, 0.1) is 42.4 Å². The first kappa shape index (κ1) is 18.8. The number of benzene rings is 2. The number of H-pyrrole nitrogens is 1. The molecular weight excluding hydrogens is 368 g/mol. The molecule has 5 rings (SSSR count). The molecule has 4 heteroatoms. The molecule has 150 valence electrons. The van der Waals surface area contributed by atoms with Gasteiger partial charge in [-0.25, -0.2) is 9.97 Å². The number of aromatic amines is 1. The van der Waals surface area contributed by atoms with Crippen molar-refractivity contribution in [1.29, 1.82) is 0 Å². The van der Waals surface area contributed by atoms with Gasteiger partial charge in [0, 0.05) is 22.8 Å². The largest absolute Gasteiger partial charge is 0.354 e. The van der Waals surface area contributed by atoms with Crippen LogP contribution in [0.3, 0.4) is 0 Å². The van der Waals surface area contributed by atoms with Crippen LogP contribution >= 0.6 is 0 Å². The van der Waals surface area contributed by atoms with Crippen LogP contribution in [0, 0.1) is 0 Å². The second-order valence-electron chi connectivity index (χ2n) is 8.00. The summed E-state index contributed by atoms with van der Waals surface area (Å²) in [4.78, 5) is 11.2. The normalized spacial score (nSPS) is 14.2. The summed E-state index contributed by atoms with van der Waals surface area (Å²) in [6.07, 6.45) is 5.85. The highest BCUT2D eigenvalue weighted by Crippen LogP contribution is 2.35. The first-order chi connectivity index (χ1) is 14.8. The smallest absolute Gasteiger partial charge is 0.283 e. The Morgan fingerprint density at radius 3 is 2.37 bits per heavy atom. The fourth-order valence-electron chi connectivity index (χ4n) is 4.39. The summed E-state index contributed by atoms with van der Waals surface area (Å²) in [5, 5.41) is 1.19. The zero-order chi connectivity index (χ0) is 20.3. The van der Waals surface area contributed by atoms with Crippen LogP contribution in [0.2, 0.25) is 0 Å². The van der Waals surface area contributed by atoms with Gasteiger partial charge in [0.25, 0.3) is 5.82 Å². The topological polar surface area (TPSA) is 57.9 Å². The number of pyridine rings is 2. The summed E-state index contributed by atoms with van der Waals surface area (Å²) in [5.74, 6) is 1.19. The van der Waals surface area contributed by atoms with Crippen LogP contribution in [0.1, 0.15) is 24.8 Å². The number of nitrogens with one attached hydrogen (secondary N) is 1. The summed E-state index contributed by atoms with van der Waals surface area (Å²) in [7, 11) is 0. The van der Waals surface area contributed by atoms with E-state index in [-0.39, 0.29) is 0 Å². The monoisotopic (exact) mass is 396 g/mol. The van der Waals surface area contributed by atoms with E-state index < -0.39 is 0 Å². The molecule has 1 aliphatic rings. The molecule has 4 nitrogen and oxygen atoms in total. The molecule has 1 aliphatic heterocycles. The van der Waals surface area contributed by atoms with Crippen molar-refractivity contribution in [1.82, 2.24) is 4.98 Å². The lowest BCUT2D eigenvalue weighted by Crippen LogP contribution is -2.47.